The van der Waals surface area contributed by atoms with Crippen LogP contribution in [0, 0.1) is 0 Å². The number of benzene rings is 1. The topological polar surface area (TPSA) is 26.2 Å². The Labute approximate surface area is 101 Å². The van der Waals surface area contributed by atoms with Gasteiger partial charge in [0.1, 0.15) is 5.75 Å². The summed E-state index contributed by atoms with van der Waals surface area (Å²) in [4.78, 5) is 0. The van der Waals surface area contributed by atoms with Gasteiger partial charge in [0.15, 0.2) is 0 Å². The van der Waals surface area contributed by atoms with Crippen molar-refractivity contribution in [3.63, 3.8) is 0 Å². The highest BCUT2D eigenvalue weighted by Gasteiger charge is 2.20. The molecule has 0 amide bonds. The Hall–Kier alpha value is -1.48. The molecule has 3 rings (SSSR count). The Balaban J connectivity index is 1.92. The van der Waals surface area contributed by atoms with Crippen LogP contribution in [0.25, 0.3) is 10.9 Å². The van der Waals surface area contributed by atoms with Crippen molar-refractivity contribution < 1.29 is 4.74 Å². The van der Waals surface area contributed by atoms with Gasteiger partial charge >= 0.3 is 0 Å². The van der Waals surface area contributed by atoms with E-state index in [1.807, 2.05) is 6.07 Å². The number of fused-ring (bicyclic) bond motifs is 1. The molecule has 1 aromatic heterocycles. The molecular weight excluding hydrogens is 212 g/mol. The summed E-state index contributed by atoms with van der Waals surface area (Å²) in [6, 6.07) is 9.22. The van der Waals surface area contributed by atoms with Crippen LogP contribution in [-0.4, -0.2) is 17.7 Å². The zero-order chi connectivity index (χ0) is 11.8. The van der Waals surface area contributed by atoms with Crippen LogP contribution >= 0.6 is 0 Å². The standard InChI is InChI=1S/C14H18N2O/c1-16-12(9-15-11-3-4-11)7-10-8-13(17-2)5-6-14(10)16/h5-8,11,15H,3-4,9H2,1-2H3. The molecule has 3 nitrogen and oxygen atoms in total. The van der Waals surface area contributed by atoms with Gasteiger partial charge in [0.25, 0.3) is 0 Å². The molecule has 0 spiro atoms. The molecule has 0 radical (unpaired) electrons. The van der Waals surface area contributed by atoms with Gasteiger partial charge in [-0.1, -0.05) is 0 Å². The first-order valence-electron chi connectivity index (χ1n) is 6.13. The lowest BCUT2D eigenvalue weighted by Gasteiger charge is -2.05. The highest BCUT2D eigenvalue weighted by molar-refractivity contribution is 5.82. The number of aromatic nitrogens is 1. The van der Waals surface area contributed by atoms with Gasteiger partial charge in [-0.15, -0.1) is 0 Å². The lowest BCUT2D eigenvalue weighted by molar-refractivity contribution is 0.415. The van der Waals surface area contributed by atoms with E-state index in [4.69, 9.17) is 4.74 Å². The molecular formula is C14H18N2O. The molecule has 0 bridgehead atoms. The van der Waals surface area contributed by atoms with Crippen molar-refractivity contribution in [2.45, 2.75) is 25.4 Å². The second-order valence-electron chi connectivity index (χ2n) is 4.77. The number of hydrogen-bond donors (Lipinski definition) is 1. The smallest absolute Gasteiger partial charge is 0.119 e. The number of aryl methyl sites for hydroxylation is 1. The molecule has 2 aromatic rings. The number of ether oxygens (including phenoxy) is 1. The zero-order valence-electron chi connectivity index (χ0n) is 10.4. The number of nitrogens with one attached hydrogen (secondary N) is 1. The summed E-state index contributed by atoms with van der Waals surface area (Å²) in [5.41, 5.74) is 2.60. The van der Waals surface area contributed by atoms with E-state index in [0.717, 1.165) is 18.3 Å². The fourth-order valence-corrected chi connectivity index (χ4v) is 2.22. The lowest BCUT2D eigenvalue weighted by Crippen LogP contribution is -2.17. The zero-order valence-corrected chi connectivity index (χ0v) is 10.4. The van der Waals surface area contributed by atoms with Crippen LogP contribution in [0.2, 0.25) is 0 Å². The van der Waals surface area contributed by atoms with Crippen LogP contribution in [0.1, 0.15) is 18.5 Å². The average molecular weight is 230 g/mol. The van der Waals surface area contributed by atoms with Crippen molar-refractivity contribution in [3.05, 3.63) is 30.0 Å². The molecule has 1 aromatic carbocycles. The SMILES string of the molecule is COc1ccc2c(c1)cc(CNC1CC1)n2C. The molecule has 1 aliphatic carbocycles. The van der Waals surface area contributed by atoms with Crippen molar-refractivity contribution in [1.82, 2.24) is 9.88 Å². The maximum absolute atomic E-state index is 5.25. The third kappa shape index (κ3) is 2.03. The third-order valence-corrected chi connectivity index (χ3v) is 3.50. The summed E-state index contributed by atoms with van der Waals surface area (Å²) in [7, 11) is 3.83. The van der Waals surface area contributed by atoms with Crippen LogP contribution in [-0.2, 0) is 13.6 Å². The molecule has 0 unspecified atom stereocenters. The molecule has 1 aliphatic rings. The average Bonchev–Trinajstić information content (AvgIpc) is 3.12. The van der Waals surface area contributed by atoms with Gasteiger partial charge in [0.05, 0.1) is 7.11 Å². The van der Waals surface area contributed by atoms with E-state index in [2.05, 4.69) is 35.1 Å². The normalized spacial score (nSPS) is 15.4. The van der Waals surface area contributed by atoms with Gasteiger partial charge in [0, 0.05) is 36.2 Å². The molecule has 1 N–H and O–H groups in total. The number of nitrogens with zero attached hydrogens (tertiary/aromatic N) is 1. The molecule has 0 saturated heterocycles. The minimum atomic E-state index is 0.752. The van der Waals surface area contributed by atoms with Crippen LogP contribution in [0.3, 0.4) is 0 Å². The number of rotatable bonds is 4. The number of methoxy groups -OCH3 is 1. The van der Waals surface area contributed by atoms with Gasteiger partial charge in [-0.25, -0.2) is 0 Å². The van der Waals surface area contributed by atoms with Crippen LogP contribution in [0.15, 0.2) is 24.3 Å². The summed E-state index contributed by atoms with van der Waals surface area (Å²) in [6.07, 6.45) is 2.66. The van der Waals surface area contributed by atoms with Crippen molar-refractivity contribution in [2.24, 2.45) is 7.05 Å². The van der Waals surface area contributed by atoms with E-state index >= 15 is 0 Å². The van der Waals surface area contributed by atoms with Gasteiger partial charge < -0.3 is 14.6 Å². The van der Waals surface area contributed by atoms with Crippen molar-refractivity contribution in [2.75, 3.05) is 7.11 Å². The highest BCUT2D eigenvalue weighted by atomic mass is 16.5. The van der Waals surface area contributed by atoms with E-state index in [1.165, 1.54) is 29.4 Å². The summed E-state index contributed by atoms with van der Waals surface area (Å²) >= 11 is 0. The highest BCUT2D eigenvalue weighted by Crippen LogP contribution is 2.25. The van der Waals surface area contributed by atoms with Crippen molar-refractivity contribution in [3.8, 4) is 5.75 Å². The lowest BCUT2D eigenvalue weighted by atomic mass is 10.2. The summed E-state index contributed by atoms with van der Waals surface area (Å²) in [5, 5.41) is 4.80. The van der Waals surface area contributed by atoms with Crippen molar-refractivity contribution >= 4 is 10.9 Å². The predicted molar refractivity (Wildman–Crippen MR) is 69.3 cm³/mol. The molecule has 1 saturated carbocycles. The number of hydrogen-bond acceptors (Lipinski definition) is 2. The maximum Gasteiger partial charge on any atom is 0.119 e. The van der Waals surface area contributed by atoms with Gasteiger partial charge in [0.2, 0.25) is 0 Å². The first-order valence-corrected chi connectivity index (χ1v) is 6.13. The van der Waals surface area contributed by atoms with Crippen LogP contribution < -0.4 is 10.1 Å². The summed E-state index contributed by atoms with van der Waals surface area (Å²) < 4.78 is 7.51. The molecule has 90 valence electrons. The second kappa shape index (κ2) is 4.08. The minimum Gasteiger partial charge on any atom is -0.497 e. The molecule has 1 fully saturated rings. The largest absolute Gasteiger partial charge is 0.497 e. The van der Waals surface area contributed by atoms with E-state index in [0.29, 0.717) is 0 Å². The molecule has 1 heterocycles. The first kappa shape index (κ1) is 10.7. The van der Waals surface area contributed by atoms with Gasteiger partial charge in [-0.3, -0.25) is 0 Å². The van der Waals surface area contributed by atoms with E-state index < -0.39 is 0 Å². The summed E-state index contributed by atoms with van der Waals surface area (Å²) in [6.45, 7) is 0.957. The predicted octanol–water partition coefficient (Wildman–Crippen LogP) is 2.44. The van der Waals surface area contributed by atoms with E-state index in [-0.39, 0.29) is 0 Å². The Bertz CT molecular complexity index is 540. The van der Waals surface area contributed by atoms with Crippen LogP contribution in [0.5, 0.6) is 5.75 Å². The Morgan fingerprint density at radius 1 is 1.35 bits per heavy atom. The van der Waals surface area contributed by atoms with Gasteiger partial charge in [-0.05, 0) is 37.1 Å². The Morgan fingerprint density at radius 3 is 2.88 bits per heavy atom. The van der Waals surface area contributed by atoms with Crippen LogP contribution in [0.4, 0.5) is 0 Å². The monoisotopic (exact) mass is 230 g/mol. The molecule has 0 aliphatic heterocycles. The maximum atomic E-state index is 5.25. The second-order valence-corrected chi connectivity index (χ2v) is 4.77. The van der Waals surface area contributed by atoms with E-state index in [1.54, 1.807) is 7.11 Å². The van der Waals surface area contributed by atoms with E-state index in [9.17, 15) is 0 Å². The fraction of sp³-hybridized carbons (Fsp3) is 0.429. The van der Waals surface area contributed by atoms with Crippen molar-refractivity contribution in [1.29, 1.82) is 0 Å². The van der Waals surface area contributed by atoms with Gasteiger partial charge in [-0.2, -0.15) is 0 Å². The molecule has 3 heteroatoms. The quantitative estimate of drug-likeness (QED) is 0.873. The summed E-state index contributed by atoms with van der Waals surface area (Å²) in [5.74, 6) is 0.921. The fourth-order valence-electron chi connectivity index (χ4n) is 2.22. The third-order valence-electron chi connectivity index (χ3n) is 3.50. The molecule has 0 atom stereocenters. The first-order chi connectivity index (χ1) is 8.28. The minimum absolute atomic E-state index is 0.752. The Kier molecular flexibility index (Phi) is 2.56. The Morgan fingerprint density at radius 2 is 2.18 bits per heavy atom. The molecule has 17 heavy (non-hydrogen) atoms.